The third kappa shape index (κ3) is 4.03. The number of carbonyl (C=O) groups excluding carboxylic acids is 1. The molecule has 1 saturated carbocycles. The molecule has 0 spiro atoms. The van der Waals surface area contributed by atoms with Gasteiger partial charge in [-0.15, -0.1) is 0 Å². The van der Waals surface area contributed by atoms with E-state index in [9.17, 15) is 18.0 Å². The van der Waals surface area contributed by atoms with Gasteiger partial charge in [0.2, 0.25) is 5.91 Å². The minimum Gasteiger partial charge on any atom is -0.381 e. The summed E-state index contributed by atoms with van der Waals surface area (Å²) in [4.78, 5) is 11.1. The Bertz CT molecular complexity index is 533. The maximum absolute atomic E-state index is 12.8. The summed E-state index contributed by atoms with van der Waals surface area (Å²) in [7, 11) is 0. The van der Waals surface area contributed by atoms with Gasteiger partial charge in [0, 0.05) is 11.6 Å². The van der Waals surface area contributed by atoms with Crippen molar-refractivity contribution in [1.29, 1.82) is 0 Å². The number of alkyl halides is 3. The standard InChI is InChI=1S/C14H16ClF3N2O/c15-11-5-4-8(13(19)21)6-12(11)20-10-3-1-2-9(7-10)14(16,17)18/h4-6,9-10,20H,1-3,7H2,(H2,19,21). The Hall–Kier alpha value is -1.43. The van der Waals surface area contributed by atoms with Crippen molar-refractivity contribution in [3.63, 3.8) is 0 Å². The molecule has 3 nitrogen and oxygen atoms in total. The summed E-state index contributed by atoms with van der Waals surface area (Å²) in [6.07, 6.45) is -2.84. The third-order valence-electron chi connectivity index (χ3n) is 3.75. The van der Waals surface area contributed by atoms with E-state index in [-0.39, 0.29) is 24.4 Å². The zero-order valence-corrected chi connectivity index (χ0v) is 12.0. The van der Waals surface area contributed by atoms with Crippen molar-refractivity contribution in [2.75, 3.05) is 5.32 Å². The van der Waals surface area contributed by atoms with E-state index in [1.54, 1.807) is 0 Å². The van der Waals surface area contributed by atoms with Gasteiger partial charge in [0.05, 0.1) is 16.6 Å². The second-order valence-electron chi connectivity index (χ2n) is 5.31. The van der Waals surface area contributed by atoms with Gasteiger partial charge in [-0.3, -0.25) is 4.79 Å². The van der Waals surface area contributed by atoms with E-state index in [0.29, 0.717) is 23.6 Å². The molecule has 2 unspecified atom stereocenters. The summed E-state index contributed by atoms with van der Waals surface area (Å²) >= 11 is 6.01. The molecule has 1 fully saturated rings. The van der Waals surface area contributed by atoms with Crippen molar-refractivity contribution in [1.82, 2.24) is 0 Å². The number of benzene rings is 1. The number of nitrogens with two attached hydrogens (primary N) is 1. The minimum absolute atomic E-state index is 0.0145. The predicted molar refractivity (Wildman–Crippen MR) is 75.4 cm³/mol. The minimum atomic E-state index is -4.17. The molecule has 21 heavy (non-hydrogen) atoms. The lowest BCUT2D eigenvalue weighted by atomic mass is 9.85. The van der Waals surface area contributed by atoms with Crippen LogP contribution in [0.4, 0.5) is 18.9 Å². The molecule has 2 rings (SSSR count). The second-order valence-corrected chi connectivity index (χ2v) is 5.71. The summed E-state index contributed by atoms with van der Waals surface area (Å²) in [5, 5.41) is 3.36. The van der Waals surface area contributed by atoms with E-state index in [2.05, 4.69) is 5.32 Å². The lowest BCUT2D eigenvalue weighted by Gasteiger charge is -2.31. The quantitative estimate of drug-likeness (QED) is 0.885. The maximum Gasteiger partial charge on any atom is 0.391 e. The fraction of sp³-hybridized carbons (Fsp3) is 0.500. The zero-order chi connectivity index (χ0) is 15.6. The van der Waals surface area contributed by atoms with Crippen LogP contribution in [0, 0.1) is 5.92 Å². The molecule has 0 heterocycles. The molecular formula is C14H16ClF3N2O. The first-order valence-corrected chi connectivity index (χ1v) is 7.08. The lowest BCUT2D eigenvalue weighted by molar-refractivity contribution is -0.182. The summed E-state index contributed by atoms with van der Waals surface area (Å²) in [6, 6.07) is 4.15. The summed E-state index contributed by atoms with van der Waals surface area (Å²) in [5.74, 6) is -1.90. The highest BCUT2D eigenvalue weighted by molar-refractivity contribution is 6.33. The van der Waals surface area contributed by atoms with Crippen LogP contribution in [0.5, 0.6) is 0 Å². The van der Waals surface area contributed by atoms with Crippen LogP contribution in [0.2, 0.25) is 5.02 Å². The molecule has 0 bridgehead atoms. The van der Waals surface area contributed by atoms with Crippen LogP contribution in [-0.2, 0) is 0 Å². The first-order valence-electron chi connectivity index (χ1n) is 6.70. The molecule has 7 heteroatoms. The van der Waals surface area contributed by atoms with Crippen molar-refractivity contribution in [2.45, 2.75) is 37.9 Å². The molecule has 0 aliphatic heterocycles. The number of primary amides is 1. The molecule has 116 valence electrons. The highest BCUT2D eigenvalue weighted by Crippen LogP contribution is 2.38. The molecule has 0 radical (unpaired) electrons. The number of nitrogens with one attached hydrogen (secondary N) is 1. The van der Waals surface area contributed by atoms with E-state index >= 15 is 0 Å². The van der Waals surface area contributed by atoms with Gasteiger partial charge in [0.15, 0.2) is 0 Å². The SMILES string of the molecule is NC(=O)c1ccc(Cl)c(NC2CCCC(C(F)(F)F)C2)c1. The molecule has 1 amide bonds. The van der Waals surface area contributed by atoms with Crippen LogP contribution in [0.25, 0.3) is 0 Å². The molecule has 0 aromatic heterocycles. The molecule has 1 aliphatic rings. The first-order chi connectivity index (χ1) is 9.77. The smallest absolute Gasteiger partial charge is 0.381 e. The van der Waals surface area contributed by atoms with E-state index in [1.165, 1.54) is 18.2 Å². The first kappa shape index (κ1) is 15.9. The number of hydrogen-bond donors (Lipinski definition) is 2. The average Bonchev–Trinajstić information content (AvgIpc) is 2.40. The molecule has 0 saturated heterocycles. The summed E-state index contributed by atoms with van der Waals surface area (Å²) in [5.41, 5.74) is 5.90. The van der Waals surface area contributed by atoms with Crippen LogP contribution in [0.15, 0.2) is 18.2 Å². The Morgan fingerprint density at radius 2 is 2.05 bits per heavy atom. The number of carbonyl (C=O) groups is 1. The number of hydrogen-bond acceptors (Lipinski definition) is 2. The Morgan fingerprint density at radius 3 is 2.67 bits per heavy atom. The van der Waals surface area contributed by atoms with Gasteiger partial charge >= 0.3 is 6.18 Å². The maximum atomic E-state index is 12.8. The highest BCUT2D eigenvalue weighted by atomic mass is 35.5. The van der Waals surface area contributed by atoms with Crippen LogP contribution in [-0.4, -0.2) is 18.1 Å². The van der Waals surface area contributed by atoms with Crippen LogP contribution in [0.1, 0.15) is 36.0 Å². The molecule has 3 N–H and O–H groups in total. The van der Waals surface area contributed by atoms with Crippen LogP contribution in [0.3, 0.4) is 0 Å². The largest absolute Gasteiger partial charge is 0.391 e. The Morgan fingerprint density at radius 1 is 1.33 bits per heavy atom. The monoisotopic (exact) mass is 320 g/mol. The van der Waals surface area contributed by atoms with Crippen molar-refractivity contribution in [3.8, 4) is 0 Å². The third-order valence-corrected chi connectivity index (χ3v) is 4.08. The molecule has 1 aromatic rings. The fourth-order valence-corrected chi connectivity index (χ4v) is 2.80. The molecule has 1 aliphatic carbocycles. The Balaban J connectivity index is 2.11. The van der Waals surface area contributed by atoms with Crippen molar-refractivity contribution >= 4 is 23.2 Å². The molecule has 1 aromatic carbocycles. The van der Waals surface area contributed by atoms with E-state index in [0.717, 1.165) is 0 Å². The van der Waals surface area contributed by atoms with Crippen molar-refractivity contribution in [2.24, 2.45) is 11.7 Å². The van der Waals surface area contributed by atoms with Gasteiger partial charge < -0.3 is 11.1 Å². The van der Waals surface area contributed by atoms with Crippen molar-refractivity contribution in [3.05, 3.63) is 28.8 Å². The zero-order valence-electron chi connectivity index (χ0n) is 11.2. The molecule has 2 atom stereocenters. The van der Waals surface area contributed by atoms with E-state index in [1.807, 2.05) is 0 Å². The number of amides is 1. The van der Waals surface area contributed by atoms with Gasteiger partial charge in [-0.1, -0.05) is 18.0 Å². The van der Waals surface area contributed by atoms with Gasteiger partial charge in [0.25, 0.3) is 0 Å². The Labute approximate surface area is 125 Å². The van der Waals surface area contributed by atoms with Gasteiger partial charge in [-0.05, 0) is 37.5 Å². The van der Waals surface area contributed by atoms with Gasteiger partial charge in [-0.2, -0.15) is 13.2 Å². The molecular weight excluding hydrogens is 305 g/mol. The number of halogens is 4. The number of anilines is 1. The lowest BCUT2D eigenvalue weighted by Crippen LogP contribution is -2.34. The predicted octanol–water partition coefficient (Wildman–Crippen LogP) is 3.97. The van der Waals surface area contributed by atoms with Crippen molar-refractivity contribution < 1.29 is 18.0 Å². The second kappa shape index (κ2) is 6.13. The van der Waals surface area contributed by atoms with E-state index in [4.69, 9.17) is 17.3 Å². The Kier molecular flexibility index (Phi) is 4.66. The van der Waals surface area contributed by atoms with E-state index < -0.39 is 18.0 Å². The summed E-state index contributed by atoms with van der Waals surface area (Å²) < 4.78 is 38.4. The number of rotatable bonds is 3. The normalized spacial score (nSPS) is 22.9. The van der Waals surface area contributed by atoms with Gasteiger partial charge in [0.1, 0.15) is 0 Å². The average molecular weight is 321 g/mol. The van der Waals surface area contributed by atoms with Crippen LogP contribution < -0.4 is 11.1 Å². The van der Waals surface area contributed by atoms with Gasteiger partial charge in [-0.25, -0.2) is 0 Å². The fourth-order valence-electron chi connectivity index (χ4n) is 2.63. The topological polar surface area (TPSA) is 55.1 Å². The highest BCUT2D eigenvalue weighted by Gasteiger charge is 2.42. The van der Waals surface area contributed by atoms with Crippen LogP contribution >= 0.6 is 11.6 Å². The summed E-state index contributed by atoms with van der Waals surface area (Å²) in [6.45, 7) is 0.